The Bertz CT molecular complexity index is 610. The fourth-order valence-electron chi connectivity index (χ4n) is 3.07. The van der Waals surface area contributed by atoms with Crippen molar-refractivity contribution in [2.45, 2.75) is 77.9 Å². The minimum Gasteiger partial charge on any atom is -0.154 e. The molecule has 2 atom stereocenters. The van der Waals surface area contributed by atoms with Crippen LogP contribution < -0.4 is 0 Å². The summed E-state index contributed by atoms with van der Waals surface area (Å²) in [7, 11) is 0. The molecule has 0 saturated heterocycles. The summed E-state index contributed by atoms with van der Waals surface area (Å²) in [5, 5.41) is 0.686. The van der Waals surface area contributed by atoms with Gasteiger partial charge in [0.15, 0.2) is 0 Å². The lowest BCUT2D eigenvalue weighted by molar-refractivity contribution is 0.525. The second-order valence-corrected chi connectivity index (χ2v) is 9.08. The van der Waals surface area contributed by atoms with E-state index in [2.05, 4.69) is 83.5 Å². The fourth-order valence-corrected chi connectivity index (χ4v) is 4.27. The molecular weight excluding hydrogens is 344 g/mol. The summed E-state index contributed by atoms with van der Waals surface area (Å²) in [6, 6.07) is 8.70. The van der Waals surface area contributed by atoms with E-state index in [1.807, 2.05) is 0 Å². The van der Waals surface area contributed by atoms with Crippen LogP contribution >= 0.6 is 11.8 Å². The van der Waals surface area contributed by atoms with Gasteiger partial charge >= 0.3 is 0 Å². The molecule has 1 aromatic rings. The van der Waals surface area contributed by atoms with E-state index in [1.165, 1.54) is 53.5 Å². The third-order valence-electron chi connectivity index (χ3n) is 5.57. The van der Waals surface area contributed by atoms with Crippen molar-refractivity contribution >= 4 is 22.9 Å². The summed E-state index contributed by atoms with van der Waals surface area (Å²) in [4.78, 5) is 0. The van der Waals surface area contributed by atoms with Crippen molar-refractivity contribution in [1.29, 1.82) is 0 Å². The van der Waals surface area contributed by atoms with Gasteiger partial charge in [-0.05, 0) is 66.7 Å². The smallest absolute Gasteiger partial charge is 0.0143 e. The molecule has 0 amide bonds. The summed E-state index contributed by atoms with van der Waals surface area (Å²) >= 11 is 2.06. The molecule has 0 nitrogen and oxygen atoms in total. The fraction of sp³-hybridized carbons (Fsp3) is 0.538. The van der Waals surface area contributed by atoms with E-state index >= 15 is 0 Å². The van der Waals surface area contributed by atoms with Crippen LogP contribution in [0.3, 0.4) is 0 Å². The molecule has 0 heterocycles. The first-order chi connectivity index (χ1) is 12.9. The van der Waals surface area contributed by atoms with Crippen LogP contribution in [-0.4, -0.2) is 11.0 Å². The van der Waals surface area contributed by atoms with Gasteiger partial charge in [0.2, 0.25) is 0 Å². The SMILES string of the molecule is C=C(CC)CSC(CC)CCC(=C)c1ccccc1C(=C)CCC(C)CC. The monoisotopic (exact) mass is 384 g/mol. The first kappa shape index (κ1) is 23.8. The van der Waals surface area contributed by atoms with Gasteiger partial charge in [-0.3, -0.25) is 0 Å². The largest absolute Gasteiger partial charge is 0.154 e. The first-order valence-electron chi connectivity index (χ1n) is 10.7. The minimum absolute atomic E-state index is 0.686. The second kappa shape index (κ2) is 13.0. The molecule has 150 valence electrons. The van der Waals surface area contributed by atoms with Crippen LogP contribution in [0, 0.1) is 5.92 Å². The minimum atomic E-state index is 0.686. The molecule has 2 unspecified atom stereocenters. The van der Waals surface area contributed by atoms with Crippen molar-refractivity contribution in [2.75, 3.05) is 5.75 Å². The molecule has 0 spiro atoms. The molecule has 0 aromatic heterocycles. The highest BCUT2D eigenvalue weighted by Crippen LogP contribution is 2.32. The van der Waals surface area contributed by atoms with E-state index in [0.29, 0.717) is 5.25 Å². The van der Waals surface area contributed by atoms with Gasteiger partial charge in [0.25, 0.3) is 0 Å². The number of hydrogen-bond acceptors (Lipinski definition) is 1. The van der Waals surface area contributed by atoms with Gasteiger partial charge in [0.1, 0.15) is 0 Å². The molecular formula is C26H40S. The summed E-state index contributed by atoms with van der Waals surface area (Å²) in [5.41, 5.74) is 6.45. The Morgan fingerprint density at radius 3 is 1.93 bits per heavy atom. The van der Waals surface area contributed by atoms with Gasteiger partial charge in [0.05, 0.1) is 0 Å². The van der Waals surface area contributed by atoms with Crippen LogP contribution in [0.2, 0.25) is 0 Å². The molecule has 1 rings (SSSR count). The summed E-state index contributed by atoms with van der Waals surface area (Å²) in [6.45, 7) is 22.0. The van der Waals surface area contributed by atoms with Gasteiger partial charge < -0.3 is 0 Å². The second-order valence-electron chi connectivity index (χ2n) is 7.79. The van der Waals surface area contributed by atoms with E-state index in [1.54, 1.807) is 0 Å². The zero-order valence-corrected chi connectivity index (χ0v) is 19.0. The van der Waals surface area contributed by atoms with Crippen molar-refractivity contribution in [1.82, 2.24) is 0 Å². The zero-order valence-electron chi connectivity index (χ0n) is 18.2. The van der Waals surface area contributed by atoms with Crippen molar-refractivity contribution in [3.8, 4) is 0 Å². The standard InChI is InChI=1S/C26H40S/c1-8-20(4)15-16-22(6)25-13-11-12-14-26(25)23(7)17-18-24(10-3)27-19-21(5)9-2/h11-14,20,24H,5-10,15-19H2,1-4H3. The molecule has 0 saturated carbocycles. The lowest BCUT2D eigenvalue weighted by atomic mass is 9.89. The average molecular weight is 385 g/mol. The molecule has 0 N–H and O–H groups in total. The van der Waals surface area contributed by atoms with Crippen molar-refractivity contribution in [3.63, 3.8) is 0 Å². The topological polar surface area (TPSA) is 0 Å². The average Bonchev–Trinajstić information content (AvgIpc) is 2.71. The molecule has 27 heavy (non-hydrogen) atoms. The molecule has 0 bridgehead atoms. The molecule has 1 aromatic carbocycles. The van der Waals surface area contributed by atoms with Crippen molar-refractivity contribution < 1.29 is 0 Å². The van der Waals surface area contributed by atoms with Gasteiger partial charge in [-0.15, -0.1) is 0 Å². The van der Waals surface area contributed by atoms with E-state index in [9.17, 15) is 0 Å². The molecule has 0 fully saturated rings. The molecule has 0 aliphatic rings. The number of benzene rings is 1. The third-order valence-corrected chi connectivity index (χ3v) is 7.19. The molecule has 0 aliphatic carbocycles. The van der Waals surface area contributed by atoms with E-state index in [-0.39, 0.29) is 0 Å². The first-order valence-corrected chi connectivity index (χ1v) is 11.7. The predicted octanol–water partition coefficient (Wildman–Crippen LogP) is 8.80. The van der Waals surface area contributed by atoms with Gasteiger partial charge in [-0.1, -0.05) is 83.7 Å². The van der Waals surface area contributed by atoms with Crippen LogP contribution in [0.4, 0.5) is 0 Å². The van der Waals surface area contributed by atoms with Crippen LogP contribution in [0.5, 0.6) is 0 Å². The lowest BCUT2D eigenvalue weighted by Crippen LogP contribution is -2.04. The number of hydrogen-bond donors (Lipinski definition) is 0. The highest BCUT2D eigenvalue weighted by atomic mass is 32.2. The predicted molar refractivity (Wildman–Crippen MR) is 128 cm³/mol. The van der Waals surface area contributed by atoms with Gasteiger partial charge in [-0.2, -0.15) is 11.8 Å². The summed E-state index contributed by atoms with van der Waals surface area (Å²) in [6.07, 6.45) is 8.06. The number of thioether (sulfide) groups is 1. The molecule has 1 heteroatoms. The zero-order chi connectivity index (χ0) is 20.2. The maximum Gasteiger partial charge on any atom is 0.0143 e. The Morgan fingerprint density at radius 2 is 1.44 bits per heavy atom. The van der Waals surface area contributed by atoms with Crippen molar-refractivity contribution in [3.05, 3.63) is 60.7 Å². The van der Waals surface area contributed by atoms with Gasteiger partial charge in [0, 0.05) is 11.0 Å². The summed E-state index contributed by atoms with van der Waals surface area (Å²) < 4.78 is 0. The van der Waals surface area contributed by atoms with E-state index in [4.69, 9.17) is 0 Å². The summed E-state index contributed by atoms with van der Waals surface area (Å²) in [5.74, 6) is 1.85. The quantitative estimate of drug-likeness (QED) is 0.289. The maximum atomic E-state index is 4.43. The molecule has 0 aliphatic heterocycles. The number of allylic oxidation sites excluding steroid dienone is 2. The van der Waals surface area contributed by atoms with Crippen molar-refractivity contribution in [2.24, 2.45) is 5.92 Å². The van der Waals surface area contributed by atoms with Crippen LogP contribution in [0.25, 0.3) is 11.1 Å². The van der Waals surface area contributed by atoms with E-state index in [0.717, 1.165) is 30.9 Å². The Labute approximate surface area is 173 Å². The Morgan fingerprint density at radius 1 is 0.889 bits per heavy atom. The lowest BCUT2D eigenvalue weighted by Gasteiger charge is -2.18. The Kier molecular flexibility index (Phi) is 11.5. The van der Waals surface area contributed by atoms with Crippen LogP contribution in [0.1, 0.15) is 83.8 Å². The van der Waals surface area contributed by atoms with Gasteiger partial charge in [-0.25, -0.2) is 0 Å². The highest BCUT2D eigenvalue weighted by Gasteiger charge is 2.13. The maximum absolute atomic E-state index is 4.43. The normalized spacial score (nSPS) is 13.2. The molecule has 0 radical (unpaired) electrons. The van der Waals surface area contributed by atoms with E-state index < -0.39 is 0 Å². The number of rotatable bonds is 14. The Balaban J connectivity index is 2.69. The third kappa shape index (κ3) is 8.56. The highest BCUT2D eigenvalue weighted by molar-refractivity contribution is 8.00. The van der Waals surface area contributed by atoms with Crippen LogP contribution in [0.15, 0.2) is 49.6 Å². The Hall–Kier alpha value is -1.21. The van der Waals surface area contributed by atoms with Crippen LogP contribution in [-0.2, 0) is 0 Å².